The van der Waals surface area contributed by atoms with Gasteiger partial charge in [0.2, 0.25) is 0 Å². The third-order valence-corrected chi connectivity index (χ3v) is 6.34. The zero-order chi connectivity index (χ0) is 18.3. The van der Waals surface area contributed by atoms with Crippen molar-refractivity contribution >= 4 is 5.91 Å². The minimum absolute atomic E-state index is 0.0585. The first-order valence-corrected chi connectivity index (χ1v) is 9.66. The Morgan fingerprint density at radius 2 is 2.00 bits per heavy atom. The Morgan fingerprint density at radius 1 is 1.19 bits per heavy atom. The first kappa shape index (κ1) is 18.5. The number of halogens is 2. The zero-order valence-electron chi connectivity index (χ0n) is 14.9. The Hall–Kier alpha value is -0.870. The maximum Gasteiger partial charge on any atom is 0.279 e. The lowest BCUT2D eigenvalue weighted by Gasteiger charge is -2.36. The van der Waals surface area contributed by atoms with Crippen LogP contribution in [0.2, 0.25) is 0 Å². The van der Waals surface area contributed by atoms with Crippen LogP contribution in [0.15, 0.2) is 0 Å². The second-order valence-corrected chi connectivity index (χ2v) is 8.06. The van der Waals surface area contributed by atoms with Gasteiger partial charge in [0.15, 0.2) is 12.5 Å². The van der Waals surface area contributed by atoms with Crippen LogP contribution in [0.4, 0.5) is 8.78 Å². The van der Waals surface area contributed by atoms with Crippen molar-refractivity contribution < 1.29 is 23.1 Å². The molecule has 2 aliphatic heterocycles. The topological polar surface area (TPSA) is 83.7 Å². The molecule has 2 saturated heterocycles. The Bertz CT molecular complexity index is 526. The van der Waals surface area contributed by atoms with E-state index in [0.29, 0.717) is 18.4 Å². The van der Waals surface area contributed by atoms with Gasteiger partial charge in [0, 0.05) is 12.6 Å². The van der Waals surface area contributed by atoms with E-state index in [9.17, 15) is 13.6 Å². The van der Waals surface area contributed by atoms with Crippen molar-refractivity contribution in [3.8, 4) is 0 Å². The maximum atomic E-state index is 12.7. The molecule has 0 aromatic heterocycles. The summed E-state index contributed by atoms with van der Waals surface area (Å²) in [4.78, 5) is 17.3. The molecule has 148 valence electrons. The molecule has 0 radical (unpaired) electrons. The number of rotatable bonds is 4. The molecule has 0 aromatic carbocycles. The number of hydrogen-bond donors (Lipinski definition) is 4. The second kappa shape index (κ2) is 7.63. The molecular formula is C17H28F2N4O3. The van der Waals surface area contributed by atoms with E-state index in [1.165, 1.54) is 0 Å². The predicted octanol–water partition coefficient (Wildman–Crippen LogP) is 0.674. The van der Waals surface area contributed by atoms with E-state index >= 15 is 0 Å². The summed E-state index contributed by atoms with van der Waals surface area (Å²) < 4.78 is 31.0. The summed E-state index contributed by atoms with van der Waals surface area (Å²) in [5, 5.41) is 9.10. The molecule has 4 rings (SSSR count). The summed E-state index contributed by atoms with van der Waals surface area (Å²) in [5.41, 5.74) is 2.74. The number of fused-ring (bicyclic) bond motifs is 1. The molecule has 4 N–H and O–H groups in total. The lowest BCUT2D eigenvalue weighted by atomic mass is 9.74. The van der Waals surface area contributed by atoms with Crippen molar-refractivity contribution in [2.45, 2.75) is 76.2 Å². The van der Waals surface area contributed by atoms with Crippen LogP contribution < -0.4 is 21.4 Å². The van der Waals surface area contributed by atoms with Gasteiger partial charge in [0.05, 0.1) is 12.3 Å². The molecule has 4 fully saturated rings. The average Bonchev–Trinajstić information content (AvgIpc) is 3.34. The quantitative estimate of drug-likeness (QED) is 0.579. The zero-order valence-corrected chi connectivity index (χ0v) is 14.9. The molecule has 7 unspecified atom stereocenters. The summed E-state index contributed by atoms with van der Waals surface area (Å²) in [6, 6.07) is 0.185. The molecule has 7 nitrogen and oxygen atoms in total. The minimum atomic E-state index is -2.54. The van der Waals surface area contributed by atoms with Gasteiger partial charge in [-0.1, -0.05) is 0 Å². The number of carbonyl (C=O) groups is 1. The third kappa shape index (κ3) is 3.73. The number of ether oxygens (including phenoxy) is 1. The highest BCUT2D eigenvalue weighted by Crippen LogP contribution is 2.45. The van der Waals surface area contributed by atoms with Gasteiger partial charge in [0.1, 0.15) is 0 Å². The van der Waals surface area contributed by atoms with Crippen molar-refractivity contribution in [2.24, 2.45) is 17.8 Å². The van der Waals surface area contributed by atoms with Crippen molar-refractivity contribution in [1.82, 2.24) is 21.4 Å². The Balaban J connectivity index is 1.28. The van der Waals surface area contributed by atoms with E-state index < -0.39 is 18.9 Å². The number of alkyl halides is 2. The largest absolute Gasteiger partial charge is 0.350 e. The predicted molar refractivity (Wildman–Crippen MR) is 88.8 cm³/mol. The molecule has 0 spiro atoms. The van der Waals surface area contributed by atoms with Gasteiger partial charge in [-0.3, -0.25) is 20.3 Å². The van der Waals surface area contributed by atoms with E-state index in [2.05, 4.69) is 21.4 Å². The molecule has 0 bridgehead atoms. The highest BCUT2D eigenvalue weighted by Gasteiger charge is 2.45. The Morgan fingerprint density at radius 3 is 2.69 bits per heavy atom. The number of hydrogen-bond acceptors (Lipinski definition) is 6. The fourth-order valence-electron chi connectivity index (χ4n) is 5.04. The highest BCUT2D eigenvalue weighted by atomic mass is 19.3. The summed E-state index contributed by atoms with van der Waals surface area (Å²) >= 11 is 0. The molecule has 0 aromatic rings. The monoisotopic (exact) mass is 374 g/mol. The van der Waals surface area contributed by atoms with Gasteiger partial charge in [0.25, 0.3) is 12.3 Å². The number of amides is 1. The second-order valence-electron chi connectivity index (χ2n) is 8.06. The normalized spacial score (nSPS) is 45.8. The van der Waals surface area contributed by atoms with Crippen LogP contribution in [-0.4, -0.2) is 49.6 Å². The van der Waals surface area contributed by atoms with E-state index in [1.54, 1.807) is 0 Å². The van der Waals surface area contributed by atoms with Crippen LogP contribution in [-0.2, 0) is 14.4 Å². The van der Waals surface area contributed by atoms with Crippen LogP contribution in [0.3, 0.4) is 0 Å². The van der Waals surface area contributed by atoms with Crippen molar-refractivity contribution in [1.29, 1.82) is 0 Å². The molecule has 2 heterocycles. The van der Waals surface area contributed by atoms with Crippen LogP contribution in [0, 0.1) is 17.8 Å². The molecular weight excluding hydrogens is 346 g/mol. The molecule has 4 aliphatic rings. The summed E-state index contributed by atoms with van der Waals surface area (Å²) in [5.74, 6) is 1.18. The molecule has 26 heavy (non-hydrogen) atoms. The van der Waals surface area contributed by atoms with Crippen LogP contribution in [0.25, 0.3) is 0 Å². The fourth-order valence-corrected chi connectivity index (χ4v) is 5.04. The summed E-state index contributed by atoms with van der Waals surface area (Å²) in [6.45, 7) is 2.64. The standard InChI is InChI=1S/C17H28F2N4O3/c1-8-7-20-17(25-8)15(24)21-12-5-3-9-6-10(2-4-11(9)12)14-22-16(13(18)19)26-23-14/h8-14,16-17,20,22-23H,2-7H2,1H3,(H,21,24)/t8?,9?,10?,11?,12-,14?,16?,17?/m1/s1. The first-order valence-electron chi connectivity index (χ1n) is 9.66. The van der Waals surface area contributed by atoms with E-state index in [4.69, 9.17) is 9.57 Å². The van der Waals surface area contributed by atoms with Crippen molar-refractivity contribution in [3.63, 3.8) is 0 Å². The van der Waals surface area contributed by atoms with Crippen molar-refractivity contribution in [3.05, 3.63) is 0 Å². The lowest BCUT2D eigenvalue weighted by molar-refractivity contribution is -0.133. The van der Waals surface area contributed by atoms with E-state index in [1.807, 2.05) is 6.92 Å². The van der Waals surface area contributed by atoms with E-state index in [0.717, 1.165) is 32.1 Å². The molecule has 2 aliphatic carbocycles. The summed E-state index contributed by atoms with van der Waals surface area (Å²) in [7, 11) is 0. The maximum absolute atomic E-state index is 12.7. The molecule has 8 atom stereocenters. The number of nitrogens with one attached hydrogen (secondary N) is 4. The average molecular weight is 374 g/mol. The van der Waals surface area contributed by atoms with Crippen LogP contribution >= 0.6 is 0 Å². The van der Waals surface area contributed by atoms with Gasteiger partial charge < -0.3 is 10.1 Å². The van der Waals surface area contributed by atoms with Crippen LogP contribution in [0.5, 0.6) is 0 Å². The summed E-state index contributed by atoms with van der Waals surface area (Å²) in [6.07, 6.45) is 0.460. The van der Waals surface area contributed by atoms with Gasteiger partial charge in [-0.05, 0) is 56.8 Å². The van der Waals surface area contributed by atoms with E-state index in [-0.39, 0.29) is 30.1 Å². The van der Waals surface area contributed by atoms with Crippen molar-refractivity contribution in [2.75, 3.05) is 6.54 Å². The van der Waals surface area contributed by atoms with Gasteiger partial charge >= 0.3 is 0 Å². The smallest absolute Gasteiger partial charge is 0.279 e. The number of hydroxylamine groups is 1. The van der Waals surface area contributed by atoms with Gasteiger partial charge in [-0.25, -0.2) is 8.78 Å². The highest BCUT2D eigenvalue weighted by molar-refractivity contribution is 5.81. The fraction of sp³-hybridized carbons (Fsp3) is 0.941. The Kier molecular flexibility index (Phi) is 5.43. The molecule has 9 heteroatoms. The SMILES string of the molecule is CC1CNC(C(=O)N[C@@H]2CCC3CC(C4NOC(C(F)F)N4)CCC32)O1. The Labute approximate surface area is 151 Å². The first-order chi connectivity index (χ1) is 12.5. The number of carbonyl (C=O) groups excluding carboxylic acids is 1. The molecule has 2 saturated carbocycles. The van der Waals surface area contributed by atoms with Gasteiger partial charge in [-0.15, -0.1) is 0 Å². The molecule has 1 amide bonds. The lowest BCUT2D eigenvalue weighted by Crippen LogP contribution is -2.49. The van der Waals surface area contributed by atoms with Gasteiger partial charge in [-0.2, -0.15) is 5.48 Å². The third-order valence-electron chi connectivity index (χ3n) is 6.34. The minimum Gasteiger partial charge on any atom is -0.350 e. The van der Waals surface area contributed by atoms with Crippen LogP contribution in [0.1, 0.15) is 39.0 Å².